The minimum atomic E-state index is -0.452. The highest BCUT2D eigenvalue weighted by Crippen LogP contribution is 2.39. The van der Waals surface area contributed by atoms with Crippen LogP contribution in [-0.2, 0) is 0 Å². The molecule has 5 nitrogen and oxygen atoms in total. The molecule has 0 amide bonds. The topological polar surface area (TPSA) is 45.2 Å². The smallest absolute Gasteiger partial charge is 0.184 e. The van der Waals surface area contributed by atoms with Crippen molar-refractivity contribution in [3.05, 3.63) is 66.2 Å². The molecule has 160 valence electrons. The lowest BCUT2D eigenvalue weighted by molar-refractivity contribution is 0.166. The average molecular weight is 409 g/mol. The molecule has 0 aliphatic carbocycles. The van der Waals surface area contributed by atoms with Gasteiger partial charge in [0, 0.05) is 32.1 Å². The second kappa shape index (κ2) is 10.0. The van der Waals surface area contributed by atoms with Crippen molar-refractivity contribution >= 4 is 5.69 Å². The van der Waals surface area contributed by atoms with Crippen LogP contribution in [0.3, 0.4) is 0 Å². The van der Waals surface area contributed by atoms with Gasteiger partial charge in [-0.15, -0.1) is 0 Å². The van der Waals surface area contributed by atoms with Crippen LogP contribution in [-0.4, -0.2) is 62.0 Å². The number of hydrogen-bond acceptors (Lipinski definition) is 5. The molecule has 2 aromatic rings. The van der Waals surface area contributed by atoms with Gasteiger partial charge in [0.2, 0.25) is 0 Å². The maximum absolute atomic E-state index is 10.7. The Morgan fingerprint density at radius 3 is 2.50 bits per heavy atom. The zero-order valence-electron chi connectivity index (χ0n) is 17.7. The third-order valence-corrected chi connectivity index (χ3v) is 6.04. The van der Waals surface area contributed by atoms with Crippen molar-refractivity contribution in [1.82, 2.24) is 4.90 Å². The first-order chi connectivity index (χ1) is 14.8. The lowest BCUT2D eigenvalue weighted by Crippen LogP contribution is -2.47. The molecule has 0 saturated carbocycles. The Balaban J connectivity index is 1.35. The highest BCUT2D eigenvalue weighted by molar-refractivity contribution is 5.65. The molecule has 30 heavy (non-hydrogen) atoms. The Labute approximate surface area is 179 Å². The number of aliphatic hydroxyl groups excluding tert-OH is 1. The van der Waals surface area contributed by atoms with E-state index in [-0.39, 0.29) is 5.92 Å². The second-order valence-corrected chi connectivity index (χ2v) is 7.95. The third kappa shape index (κ3) is 4.79. The van der Waals surface area contributed by atoms with E-state index in [1.807, 2.05) is 37.3 Å². The van der Waals surface area contributed by atoms with Gasteiger partial charge in [0.05, 0.1) is 11.8 Å². The van der Waals surface area contributed by atoms with E-state index in [1.165, 1.54) is 5.56 Å². The third-order valence-electron chi connectivity index (χ3n) is 6.04. The molecule has 2 aliphatic rings. The van der Waals surface area contributed by atoms with E-state index in [0.29, 0.717) is 13.2 Å². The van der Waals surface area contributed by atoms with Crippen LogP contribution in [0.15, 0.2) is 60.7 Å². The molecule has 0 radical (unpaired) electrons. The molecular weight excluding hydrogens is 376 g/mol. The molecule has 5 heteroatoms. The largest absolute Gasteiger partial charge is 0.486 e. The number of hydrogen-bond donors (Lipinski definition) is 1. The summed E-state index contributed by atoms with van der Waals surface area (Å²) in [5.41, 5.74) is 2.34. The van der Waals surface area contributed by atoms with Gasteiger partial charge >= 0.3 is 0 Å². The summed E-state index contributed by atoms with van der Waals surface area (Å²) in [6, 6.07) is 16.5. The second-order valence-electron chi connectivity index (χ2n) is 7.95. The molecule has 1 N–H and O–H groups in total. The van der Waals surface area contributed by atoms with E-state index in [2.05, 4.69) is 40.1 Å². The van der Waals surface area contributed by atoms with Gasteiger partial charge in [-0.05, 0) is 37.6 Å². The lowest BCUT2D eigenvalue weighted by Gasteiger charge is -2.38. The molecule has 2 heterocycles. The number of nitrogens with zero attached hydrogens (tertiary/aromatic N) is 2. The van der Waals surface area contributed by atoms with E-state index in [0.717, 1.165) is 56.3 Å². The molecule has 2 aromatic carbocycles. The van der Waals surface area contributed by atoms with Crippen LogP contribution < -0.4 is 14.4 Å². The van der Waals surface area contributed by atoms with Crippen LogP contribution in [0.5, 0.6) is 11.5 Å². The summed E-state index contributed by atoms with van der Waals surface area (Å²) in [5.74, 6) is 1.85. The maximum Gasteiger partial charge on any atom is 0.184 e. The van der Waals surface area contributed by atoms with E-state index in [4.69, 9.17) is 9.47 Å². The van der Waals surface area contributed by atoms with Crippen molar-refractivity contribution < 1.29 is 14.6 Å². The van der Waals surface area contributed by atoms with Crippen molar-refractivity contribution in [1.29, 1.82) is 0 Å². The van der Waals surface area contributed by atoms with E-state index < -0.39 is 6.10 Å². The van der Waals surface area contributed by atoms with Crippen LogP contribution in [0, 0.1) is 0 Å². The Bertz CT molecular complexity index is 832. The molecule has 0 spiro atoms. The number of para-hydroxylation sites is 1. The highest BCUT2D eigenvalue weighted by Gasteiger charge is 2.25. The van der Waals surface area contributed by atoms with Gasteiger partial charge in [-0.2, -0.15) is 0 Å². The van der Waals surface area contributed by atoms with E-state index in [9.17, 15) is 5.11 Å². The zero-order chi connectivity index (χ0) is 20.8. The molecule has 1 saturated heterocycles. The number of aliphatic hydroxyl groups is 1. The Hall–Kier alpha value is -2.50. The number of ether oxygens (including phenoxy) is 2. The molecule has 2 unspecified atom stereocenters. The predicted molar refractivity (Wildman–Crippen MR) is 121 cm³/mol. The summed E-state index contributed by atoms with van der Waals surface area (Å²) in [5, 5.41) is 10.7. The SMILES string of the molecule is CC=CC(O)C(CCN1CCN(c2cccc3c2OCCO3)CC1)c1ccccc1. The number of rotatable bonds is 7. The Kier molecular flexibility index (Phi) is 6.92. The maximum atomic E-state index is 10.7. The molecule has 1 fully saturated rings. The summed E-state index contributed by atoms with van der Waals surface area (Å²) in [6.45, 7) is 8.11. The van der Waals surface area contributed by atoms with Gasteiger partial charge in [0.25, 0.3) is 0 Å². The molecule has 4 rings (SSSR count). The number of fused-ring (bicyclic) bond motifs is 1. The fourth-order valence-corrected chi connectivity index (χ4v) is 4.41. The fourth-order valence-electron chi connectivity index (χ4n) is 4.41. The summed E-state index contributed by atoms with van der Waals surface area (Å²) >= 11 is 0. The van der Waals surface area contributed by atoms with Gasteiger partial charge in [-0.1, -0.05) is 48.6 Å². The van der Waals surface area contributed by atoms with Crippen LogP contribution in [0.25, 0.3) is 0 Å². The first kappa shape index (κ1) is 20.8. The fraction of sp³-hybridized carbons (Fsp3) is 0.440. The molecule has 0 bridgehead atoms. The van der Waals surface area contributed by atoms with Crippen LogP contribution in [0.4, 0.5) is 5.69 Å². The predicted octanol–water partition coefficient (Wildman–Crippen LogP) is 3.69. The average Bonchev–Trinajstić information content (AvgIpc) is 2.80. The van der Waals surface area contributed by atoms with Crippen molar-refractivity contribution in [3.8, 4) is 11.5 Å². The first-order valence-corrected chi connectivity index (χ1v) is 11.0. The Morgan fingerprint density at radius 2 is 1.73 bits per heavy atom. The standard InChI is InChI=1S/C25H32N2O3/c1-2-7-23(28)21(20-8-4-3-5-9-20)12-13-26-14-16-27(17-15-26)22-10-6-11-24-25(22)30-19-18-29-24/h2-11,21,23,28H,12-19H2,1H3. The normalized spacial score (nSPS) is 19.1. The van der Waals surface area contributed by atoms with E-state index >= 15 is 0 Å². The summed E-state index contributed by atoms with van der Waals surface area (Å²) in [6.07, 6.45) is 4.32. The number of benzene rings is 2. The van der Waals surface area contributed by atoms with Crippen molar-refractivity contribution in [3.63, 3.8) is 0 Å². The van der Waals surface area contributed by atoms with Crippen molar-refractivity contribution in [2.24, 2.45) is 0 Å². The molecular formula is C25H32N2O3. The summed E-state index contributed by atoms with van der Waals surface area (Å²) in [4.78, 5) is 4.90. The minimum Gasteiger partial charge on any atom is -0.486 e. The number of piperazine rings is 1. The lowest BCUT2D eigenvalue weighted by atomic mass is 9.89. The van der Waals surface area contributed by atoms with Crippen LogP contribution in [0.1, 0.15) is 24.8 Å². The highest BCUT2D eigenvalue weighted by atomic mass is 16.6. The molecule has 0 aromatic heterocycles. The van der Waals surface area contributed by atoms with Crippen molar-refractivity contribution in [2.75, 3.05) is 50.8 Å². The molecule has 2 aliphatic heterocycles. The van der Waals surface area contributed by atoms with Crippen LogP contribution >= 0.6 is 0 Å². The first-order valence-electron chi connectivity index (χ1n) is 11.0. The quantitative estimate of drug-likeness (QED) is 0.708. The van der Waals surface area contributed by atoms with Gasteiger partial charge in [0.15, 0.2) is 11.5 Å². The van der Waals surface area contributed by atoms with Gasteiger partial charge < -0.3 is 19.5 Å². The Morgan fingerprint density at radius 1 is 0.967 bits per heavy atom. The van der Waals surface area contributed by atoms with Gasteiger partial charge in [-0.25, -0.2) is 0 Å². The monoisotopic (exact) mass is 408 g/mol. The van der Waals surface area contributed by atoms with E-state index in [1.54, 1.807) is 0 Å². The van der Waals surface area contributed by atoms with Gasteiger partial charge in [-0.3, -0.25) is 4.90 Å². The summed E-state index contributed by atoms with van der Waals surface area (Å²) < 4.78 is 11.6. The number of anilines is 1. The minimum absolute atomic E-state index is 0.118. The number of allylic oxidation sites excluding steroid dienone is 1. The molecule has 2 atom stereocenters. The van der Waals surface area contributed by atoms with Crippen molar-refractivity contribution in [2.45, 2.75) is 25.4 Å². The van der Waals surface area contributed by atoms with Gasteiger partial charge in [0.1, 0.15) is 13.2 Å². The summed E-state index contributed by atoms with van der Waals surface area (Å²) in [7, 11) is 0. The zero-order valence-corrected chi connectivity index (χ0v) is 17.7. The van der Waals surface area contributed by atoms with Crippen LogP contribution in [0.2, 0.25) is 0 Å².